The molecular formula is C21H26N4O. The maximum Gasteiger partial charge on any atom is 0.225 e. The number of nitrogens with zero attached hydrogens (tertiary/aromatic N) is 4. The van der Waals surface area contributed by atoms with Crippen LogP contribution in [0.5, 0.6) is 0 Å². The lowest BCUT2D eigenvalue weighted by Gasteiger charge is -2.34. The first-order valence-corrected chi connectivity index (χ1v) is 9.57. The maximum absolute atomic E-state index is 12.8. The molecule has 0 N–H and O–H groups in total. The summed E-state index contributed by atoms with van der Waals surface area (Å²) in [6.07, 6.45) is 7.45. The number of carbonyl (C=O) groups is 1. The summed E-state index contributed by atoms with van der Waals surface area (Å²) in [5.74, 6) is 1.60. The number of amides is 1. The van der Waals surface area contributed by atoms with Crippen molar-refractivity contribution in [3.05, 3.63) is 53.3 Å². The van der Waals surface area contributed by atoms with Gasteiger partial charge in [-0.25, -0.2) is 9.97 Å². The molecule has 1 amide bonds. The zero-order chi connectivity index (χ0) is 17.9. The molecular weight excluding hydrogens is 324 g/mol. The largest absolute Gasteiger partial charge is 0.341 e. The number of fused-ring (bicyclic) bond motifs is 1. The third-order valence-electron chi connectivity index (χ3n) is 5.61. The molecule has 2 aromatic rings. The number of hydrogen-bond donors (Lipinski definition) is 0. The fraction of sp³-hybridized carbons (Fsp3) is 0.476. The average molecular weight is 350 g/mol. The predicted molar refractivity (Wildman–Crippen MR) is 102 cm³/mol. The third-order valence-corrected chi connectivity index (χ3v) is 5.61. The summed E-state index contributed by atoms with van der Waals surface area (Å²) in [7, 11) is 0. The highest BCUT2D eigenvalue weighted by atomic mass is 16.2. The third kappa shape index (κ3) is 3.71. The normalized spacial score (nSPS) is 17.9. The van der Waals surface area contributed by atoms with E-state index in [4.69, 9.17) is 0 Å². The summed E-state index contributed by atoms with van der Waals surface area (Å²) in [5.41, 5.74) is 3.78. The molecule has 0 radical (unpaired) electrons. The van der Waals surface area contributed by atoms with Gasteiger partial charge in [0, 0.05) is 45.0 Å². The molecule has 0 bridgehead atoms. The molecule has 0 atom stereocenters. The van der Waals surface area contributed by atoms with Crippen molar-refractivity contribution in [1.82, 2.24) is 14.9 Å². The minimum atomic E-state index is 0.310. The second kappa shape index (κ2) is 7.44. The van der Waals surface area contributed by atoms with Gasteiger partial charge in [0.2, 0.25) is 11.9 Å². The van der Waals surface area contributed by atoms with Gasteiger partial charge in [-0.1, -0.05) is 24.3 Å². The average Bonchev–Trinajstić information content (AvgIpc) is 2.69. The Morgan fingerprint density at radius 1 is 1.08 bits per heavy atom. The molecule has 4 rings (SSSR count). The van der Waals surface area contributed by atoms with Crippen LogP contribution in [-0.2, 0) is 17.8 Å². The molecule has 0 aliphatic carbocycles. The smallest absolute Gasteiger partial charge is 0.225 e. The standard InChI is InChI=1S/C21H26N4O/c1-16-13-22-21(23-14-16)24-9-6-17(7-10-24)12-20(26)25-11-8-18-4-2-3-5-19(18)15-25/h2-5,13-14,17H,6-12,15H2,1H3. The van der Waals surface area contributed by atoms with Gasteiger partial charge in [0.1, 0.15) is 0 Å². The summed E-state index contributed by atoms with van der Waals surface area (Å²) < 4.78 is 0. The lowest BCUT2D eigenvalue weighted by Crippen LogP contribution is -2.39. The molecule has 3 heterocycles. The van der Waals surface area contributed by atoms with Crippen LogP contribution in [-0.4, -0.2) is 40.4 Å². The Morgan fingerprint density at radius 2 is 1.77 bits per heavy atom. The van der Waals surface area contributed by atoms with E-state index in [0.29, 0.717) is 18.2 Å². The highest BCUT2D eigenvalue weighted by Gasteiger charge is 2.26. The Balaban J connectivity index is 1.29. The molecule has 5 heteroatoms. The quantitative estimate of drug-likeness (QED) is 0.854. The van der Waals surface area contributed by atoms with Gasteiger partial charge in [-0.3, -0.25) is 4.79 Å². The Labute approximate surface area is 155 Å². The first-order chi connectivity index (χ1) is 12.7. The van der Waals surface area contributed by atoms with E-state index in [1.807, 2.05) is 24.2 Å². The molecule has 1 aromatic carbocycles. The van der Waals surface area contributed by atoms with Gasteiger partial charge < -0.3 is 9.80 Å². The number of aryl methyl sites for hydroxylation is 1. The predicted octanol–water partition coefficient (Wildman–Crippen LogP) is 2.98. The number of piperidine rings is 1. The lowest BCUT2D eigenvalue weighted by molar-refractivity contribution is -0.133. The summed E-state index contributed by atoms with van der Waals surface area (Å²) in [4.78, 5) is 25.9. The highest BCUT2D eigenvalue weighted by Crippen LogP contribution is 2.25. The number of benzene rings is 1. The first kappa shape index (κ1) is 17.0. The monoisotopic (exact) mass is 350 g/mol. The molecule has 0 unspecified atom stereocenters. The van der Waals surface area contributed by atoms with E-state index in [2.05, 4.69) is 39.1 Å². The van der Waals surface area contributed by atoms with Crippen LogP contribution in [0.15, 0.2) is 36.7 Å². The number of anilines is 1. The molecule has 1 fully saturated rings. The van der Waals surface area contributed by atoms with E-state index in [-0.39, 0.29) is 0 Å². The molecule has 2 aliphatic rings. The van der Waals surface area contributed by atoms with Crippen molar-refractivity contribution in [2.75, 3.05) is 24.5 Å². The SMILES string of the molecule is Cc1cnc(N2CCC(CC(=O)N3CCc4ccccc4C3)CC2)nc1. The summed E-state index contributed by atoms with van der Waals surface area (Å²) in [5, 5.41) is 0. The Morgan fingerprint density at radius 3 is 2.50 bits per heavy atom. The summed E-state index contributed by atoms with van der Waals surface area (Å²) in [6, 6.07) is 8.48. The van der Waals surface area contributed by atoms with Gasteiger partial charge in [-0.2, -0.15) is 0 Å². The summed E-state index contributed by atoms with van der Waals surface area (Å²) >= 11 is 0. The van der Waals surface area contributed by atoms with Crippen molar-refractivity contribution in [1.29, 1.82) is 0 Å². The van der Waals surface area contributed by atoms with Gasteiger partial charge in [0.15, 0.2) is 0 Å². The Hall–Kier alpha value is -2.43. The van der Waals surface area contributed by atoms with Crippen molar-refractivity contribution in [3.8, 4) is 0 Å². The van der Waals surface area contributed by atoms with Gasteiger partial charge in [0.05, 0.1) is 0 Å². The number of carbonyl (C=O) groups excluding carboxylic acids is 1. The molecule has 5 nitrogen and oxygen atoms in total. The van der Waals surface area contributed by atoms with Crippen molar-refractivity contribution in [3.63, 3.8) is 0 Å². The molecule has 136 valence electrons. The highest BCUT2D eigenvalue weighted by molar-refractivity contribution is 5.76. The van der Waals surface area contributed by atoms with Gasteiger partial charge in [-0.05, 0) is 48.8 Å². The zero-order valence-corrected chi connectivity index (χ0v) is 15.4. The van der Waals surface area contributed by atoms with Gasteiger partial charge in [0.25, 0.3) is 0 Å². The Kier molecular flexibility index (Phi) is 4.87. The second-order valence-corrected chi connectivity index (χ2v) is 7.53. The van der Waals surface area contributed by atoms with Crippen molar-refractivity contribution in [2.24, 2.45) is 5.92 Å². The van der Waals surface area contributed by atoms with Crippen LogP contribution in [0.3, 0.4) is 0 Å². The number of aromatic nitrogens is 2. The van der Waals surface area contributed by atoms with Gasteiger partial charge >= 0.3 is 0 Å². The van der Waals surface area contributed by atoms with Crippen LogP contribution < -0.4 is 4.90 Å². The molecule has 0 saturated carbocycles. The van der Waals surface area contributed by atoms with Crippen molar-refractivity contribution in [2.45, 2.75) is 39.2 Å². The molecule has 2 aliphatic heterocycles. The van der Waals surface area contributed by atoms with E-state index in [0.717, 1.165) is 57.0 Å². The van der Waals surface area contributed by atoms with E-state index in [1.54, 1.807) is 0 Å². The summed E-state index contributed by atoms with van der Waals surface area (Å²) in [6.45, 7) is 5.49. The minimum Gasteiger partial charge on any atom is -0.341 e. The molecule has 0 spiro atoms. The van der Waals surface area contributed by atoms with E-state index < -0.39 is 0 Å². The van der Waals surface area contributed by atoms with Crippen molar-refractivity contribution >= 4 is 11.9 Å². The fourth-order valence-corrected chi connectivity index (χ4v) is 3.97. The number of hydrogen-bond acceptors (Lipinski definition) is 4. The minimum absolute atomic E-state index is 0.310. The van der Waals surface area contributed by atoms with E-state index in [1.165, 1.54) is 11.1 Å². The van der Waals surface area contributed by atoms with Crippen LogP contribution in [0.4, 0.5) is 5.95 Å². The fourth-order valence-electron chi connectivity index (χ4n) is 3.97. The maximum atomic E-state index is 12.8. The van der Waals surface area contributed by atoms with Crippen LogP contribution in [0.1, 0.15) is 36.0 Å². The molecule has 26 heavy (non-hydrogen) atoms. The van der Waals surface area contributed by atoms with Crippen LogP contribution in [0, 0.1) is 12.8 Å². The van der Waals surface area contributed by atoms with Crippen LogP contribution >= 0.6 is 0 Å². The zero-order valence-electron chi connectivity index (χ0n) is 15.4. The van der Waals surface area contributed by atoms with Crippen molar-refractivity contribution < 1.29 is 4.79 Å². The van der Waals surface area contributed by atoms with Gasteiger partial charge in [-0.15, -0.1) is 0 Å². The topological polar surface area (TPSA) is 49.3 Å². The first-order valence-electron chi connectivity index (χ1n) is 9.57. The van der Waals surface area contributed by atoms with Crippen LogP contribution in [0.25, 0.3) is 0 Å². The second-order valence-electron chi connectivity index (χ2n) is 7.53. The van der Waals surface area contributed by atoms with E-state index >= 15 is 0 Å². The Bertz CT molecular complexity index is 766. The molecule has 1 aromatic heterocycles. The lowest BCUT2D eigenvalue weighted by atomic mass is 9.92. The molecule has 1 saturated heterocycles. The van der Waals surface area contributed by atoms with Crippen LogP contribution in [0.2, 0.25) is 0 Å². The number of rotatable bonds is 3. The van der Waals surface area contributed by atoms with E-state index in [9.17, 15) is 4.79 Å².